The van der Waals surface area contributed by atoms with Crippen molar-refractivity contribution in [1.82, 2.24) is 0 Å². The maximum atomic E-state index is 10.4. The van der Waals surface area contributed by atoms with Gasteiger partial charge in [0.2, 0.25) is 0 Å². The van der Waals surface area contributed by atoms with Crippen molar-refractivity contribution in [1.29, 1.82) is 0 Å². The number of carboxylic acid groups (broad SMARTS) is 1. The fraction of sp³-hybridized carbons (Fsp3) is 0.222. The molecule has 0 spiro atoms. The lowest BCUT2D eigenvalue weighted by atomic mass is 10.1. The summed E-state index contributed by atoms with van der Waals surface area (Å²) in [5, 5.41) is 11.2. The van der Waals surface area contributed by atoms with Crippen LogP contribution in [0.1, 0.15) is 12.5 Å². The van der Waals surface area contributed by atoms with E-state index in [1.54, 1.807) is 12.1 Å². The molecule has 0 fully saturated rings. The molecule has 1 amide bonds. The Morgan fingerprint density at radius 2 is 2.31 bits per heavy atom. The fourth-order valence-corrected chi connectivity index (χ4v) is 1.37. The van der Waals surface area contributed by atoms with Gasteiger partial charge in [-0.05, 0) is 18.1 Å². The Labute approximate surface area is 81.3 Å². The molecule has 1 rings (SSSR count). The number of nitrogens with one attached hydrogen (secondary N) is 1. The molecule has 0 bridgehead atoms. The summed E-state index contributed by atoms with van der Waals surface area (Å²) in [7, 11) is 0. The topological polar surface area (TPSA) is 49.3 Å². The molecule has 0 aliphatic rings. The van der Waals surface area contributed by atoms with E-state index in [0.29, 0.717) is 10.7 Å². The Morgan fingerprint density at radius 3 is 2.85 bits per heavy atom. The number of benzene rings is 1. The molecule has 0 unspecified atom stereocenters. The van der Waals surface area contributed by atoms with Crippen molar-refractivity contribution in [2.45, 2.75) is 13.3 Å². The Bertz CT molecular complexity index is 325. The summed E-state index contributed by atoms with van der Waals surface area (Å²) >= 11 is 5.93. The van der Waals surface area contributed by atoms with E-state index >= 15 is 0 Å². The molecule has 0 saturated carbocycles. The number of aryl methyl sites for hydroxylation is 1. The molecular weight excluding hydrogens is 190 g/mol. The molecular formula is C9H10ClNO2. The first kappa shape index (κ1) is 9.86. The molecule has 0 radical (unpaired) electrons. The number of rotatable bonds is 2. The van der Waals surface area contributed by atoms with Gasteiger partial charge in [0, 0.05) is 0 Å². The van der Waals surface area contributed by atoms with E-state index in [0.717, 1.165) is 12.0 Å². The van der Waals surface area contributed by atoms with Crippen molar-refractivity contribution < 1.29 is 9.90 Å². The zero-order chi connectivity index (χ0) is 9.84. The van der Waals surface area contributed by atoms with Gasteiger partial charge in [-0.1, -0.05) is 30.7 Å². The van der Waals surface area contributed by atoms with Gasteiger partial charge in [0.25, 0.3) is 0 Å². The molecule has 13 heavy (non-hydrogen) atoms. The Kier molecular flexibility index (Phi) is 3.14. The Hall–Kier alpha value is -1.22. The van der Waals surface area contributed by atoms with Crippen LogP contribution in [0.5, 0.6) is 0 Å². The lowest BCUT2D eigenvalue weighted by Crippen LogP contribution is -2.08. The summed E-state index contributed by atoms with van der Waals surface area (Å²) in [5.74, 6) is 0. The van der Waals surface area contributed by atoms with Crippen LogP contribution in [0.25, 0.3) is 0 Å². The average Bonchev–Trinajstić information content (AvgIpc) is 2.08. The van der Waals surface area contributed by atoms with Crippen LogP contribution >= 0.6 is 11.6 Å². The zero-order valence-corrected chi connectivity index (χ0v) is 7.93. The van der Waals surface area contributed by atoms with E-state index in [9.17, 15) is 4.79 Å². The minimum atomic E-state index is -1.10. The monoisotopic (exact) mass is 199 g/mol. The minimum absolute atomic E-state index is 0.438. The van der Waals surface area contributed by atoms with Crippen molar-refractivity contribution >= 4 is 23.4 Å². The minimum Gasteiger partial charge on any atom is -0.465 e. The SMILES string of the molecule is CCc1cccc(NC(=O)O)c1Cl. The third kappa shape index (κ3) is 2.36. The van der Waals surface area contributed by atoms with E-state index in [1.165, 1.54) is 0 Å². The quantitative estimate of drug-likeness (QED) is 0.769. The first-order valence-electron chi connectivity index (χ1n) is 3.92. The highest BCUT2D eigenvalue weighted by Crippen LogP contribution is 2.25. The van der Waals surface area contributed by atoms with Gasteiger partial charge in [-0.25, -0.2) is 4.79 Å². The zero-order valence-electron chi connectivity index (χ0n) is 7.17. The third-order valence-electron chi connectivity index (χ3n) is 1.70. The molecule has 70 valence electrons. The van der Waals surface area contributed by atoms with Crippen molar-refractivity contribution in [3.63, 3.8) is 0 Å². The number of halogens is 1. The van der Waals surface area contributed by atoms with Gasteiger partial charge in [0.05, 0.1) is 10.7 Å². The van der Waals surface area contributed by atoms with Gasteiger partial charge in [-0.2, -0.15) is 0 Å². The van der Waals surface area contributed by atoms with Gasteiger partial charge < -0.3 is 5.11 Å². The molecule has 1 aromatic carbocycles. The largest absolute Gasteiger partial charge is 0.465 e. The number of hydrogen-bond acceptors (Lipinski definition) is 1. The van der Waals surface area contributed by atoms with Gasteiger partial charge in [-0.3, -0.25) is 5.32 Å². The predicted molar refractivity (Wildman–Crippen MR) is 52.5 cm³/mol. The molecule has 2 N–H and O–H groups in total. The van der Waals surface area contributed by atoms with Crippen LogP contribution in [0.3, 0.4) is 0 Å². The standard InChI is InChI=1S/C9H10ClNO2/c1-2-6-4-3-5-7(8(6)10)11-9(12)13/h3-5,11H,2H2,1H3,(H,12,13). The van der Waals surface area contributed by atoms with E-state index in [-0.39, 0.29) is 0 Å². The Morgan fingerprint density at radius 1 is 1.62 bits per heavy atom. The molecule has 4 heteroatoms. The smallest absolute Gasteiger partial charge is 0.409 e. The Balaban J connectivity index is 3.01. The normalized spacial score (nSPS) is 9.69. The number of amides is 1. The number of carbonyl (C=O) groups is 1. The van der Waals surface area contributed by atoms with E-state index in [4.69, 9.17) is 16.7 Å². The van der Waals surface area contributed by atoms with Crippen molar-refractivity contribution in [3.05, 3.63) is 28.8 Å². The molecule has 1 aromatic rings. The summed E-state index contributed by atoms with van der Waals surface area (Å²) in [4.78, 5) is 10.4. The van der Waals surface area contributed by atoms with E-state index < -0.39 is 6.09 Å². The van der Waals surface area contributed by atoms with Crippen LogP contribution in [0, 0.1) is 0 Å². The fourth-order valence-electron chi connectivity index (χ4n) is 1.06. The van der Waals surface area contributed by atoms with Crippen molar-refractivity contribution in [2.24, 2.45) is 0 Å². The second-order valence-corrected chi connectivity index (χ2v) is 2.94. The van der Waals surface area contributed by atoms with Crippen molar-refractivity contribution in [3.8, 4) is 0 Å². The third-order valence-corrected chi connectivity index (χ3v) is 2.15. The van der Waals surface area contributed by atoms with Gasteiger partial charge in [0.15, 0.2) is 0 Å². The van der Waals surface area contributed by atoms with Crippen LogP contribution in [0.4, 0.5) is 10.5 Å². The first-order chi connectivity index (χ1) is 6.15. The highest BCUT2D eigenvalue weighted by molar-refractivity contribution is 6.34. The van der Waals surface area contributed by atoms with Gasteiger partial charge >= 0.3 is 6.09 Å². The molecule has 0 aliphatic heterocycles. The summed E-state index contributed by atoms with van der Waals surface area (Å²) < 4.78 is 0. The van der Waals surface area contributed by atoms with Crippen LogP contribution in [-0.4, -0.2) is 11.2 Å². The molecule has 3 nitrogen and oxygen atoms in total. The van der Waals surface area contributed by atoms with Gasteiger partial charge in [-0.15, -0.1) is 0 Å². The van der Waals surface area contributed by atoms with Crippen LogP contribution in [-0.2, 0) is 6.42 Å². The van der Waals surface area contributed by atoms with E-state index in [2.05, 4.69) is 5.32 Å². The van der Waals surface area contributed by atoms with Crippen LogP contribution < -0.4 is 5.32 Å². The molecule has 0 atom stereocenters. The highest BCUT2D eigenvalue weighted by Gasteiger charge is 2.05. The number of hydrogen-bond donors (Lipinski definition) is 2. The summed E-state index contributed by atoms with van der Waals surface area (Å²) in [6.45, 7) is 1.96. The summed E-state index contributed by atoms with van der Waals surface area (Å²) in [5.41, 5.74) is 1.38. The van der Waals surface area contributed by atoms with E-state index in [1.807, 2.05) is 13.0 Å². The second-order valence-electron chi connectivity index (χ2n) is 2.56. The number of anilines is 1. The average molecular weight is 200 g/mol. The first-order valence-corrected chi connectivity index (χ1v) is 4.30. The molecule has 0 aromatic heterocycles. The maximum Gasteiger partial charge on any atom is 0.409 e. The lowest BCUT2D eigenvalue weighted by molar-refractivity contribution is 0.210. The summed E-state index contributed by atoms with van der Waals surface area (Å²) in [6, 6.07) is 5.28. The highest BCUT2D eigenvalue weighted by atomic mass is 35.5. The molecule has 0 aliphatic carbocycles. The van der Waals surface area contributed by atoms with Crippen molar-refractivity contribution in [2.75, 3.05) is 5.32 Å². The molecule has 0 saturated heterocycles. The lowest BCUT2D eigenvalue weighted by Gasteiger charge is -2.06. The predicted octanol–water partition coefficient (Wildman–Crippen LogP) is 2.99. The van der Waals surface area contributed by atoms with Crippen LogP contribution in [0.2, 0.25) is 5.02 Å². The molecule has 0 heterocycles. The van der Waals surface area contributed by atoms with Crippen LogP contribution in [0.15, 0.2) is 18.2 Å². The summed E-state index contributed by atoms with van der Waals surface area (Å²) in [6.07, 6.45) is -0.316. The second kappa shape index (κ2) is 4.14. The maximum absolute atomic E-state index is 10.4. The van der Waals surface area contributed by atoms with Gasteiger partial charge in [0.1, 0.15) is 0 Å².